The highest BCUT2D eigenvalue weighted by Gasteiger charge is 2.44. The largest absolute Gasteiger partial charge is 0.327 e. The van der Waals surface area contributed by atoms with Crippen molar-refractivity contribution >= 4 is 21.8 Å². The lowest BCUT2D eigenvalue weighted by atomic mass is 9.98. The molecular formula is C18H23N3O4S. The Labute approximate surface area is 153 Å². The van der Waals surface area contributed by atoms with E-state index in [0.29, 0.717) is 30.1 Å². The molecule has 140 valence electrons. The quantitative estimate of drug-likeness (QED) is 0.760. The van der Waals surface area contributed by atoms with Crippen molar-refractivity contribution in [2.24, 2.45) is 17.6 Å². The zero-order valence-corrected chi connectivity index (χ0v) is 15.3. The number of hydrogen-bond donors (Lipinski definition) is 1. The maximum atomic E-state index is 12.6. The van der Waals surface area contributed by atoms with E-state index in [0.717, 1.165) is 17.7 Å². The Morgan fingerprint density at radius 2 is 1.69 bits per heavy atom. The van der Waals surface area contributed by atoms with Crippen LogP contribution in [0.15, 0.2) is 24.3 Å². The lowest BCUT2D eigenvalue weighted by Crippen LogP contribution is -2.36. The van der Waals surface area contributed by atoms with Crippen LogP contribution in [-0.2, 0) is 10.0 Å². The summed E-state index contributed by atoms with van der Waals surface area (Å²) in [5.41, 5.74) is 6.86. The fourth-order valence-corrected chi connectivity index (χ4v) is 6.04. The molecule has 0 aromatic heterocycles. The molecule has 2 fully saturated rings. The molecular weight excluding hydrogens is 354 g/mol. The van der Waals surface area contributed by atoms with Crippen LogP contribution >= 0.6 is 0 Å². The van der Waals surface area contributed by atoms with Crippen LogP contribution in [0.5, 0.6) is 0 Å². The summed E-state index contributed by atoms with van der Waals surface area (Å²) >= 11 is 0. The first kappa shape index (κ1) is 17.6. The topological polar surface area (TPSA) is 101 Å². The maximum Gasteiger partial charge on any atom is 0.261 e. The van der Waals surface area contributed by atoms with Crippen LogP contribution in [0.1, 0.15) is 40.0 Å². The predicted molar refractivity (Wildman–Crippen MR) is 96.0 cm³/mol. The van der Waals surface area contributed by atoms with E-state index in [1.807, 2.05) is 0 Å². The van der Waals surface area contributed by atoms with Crippen LogP contribution in [0.4, 0.5) is 0 Å². The Bertz CT molecular complexity index is 819. The van der Waals surface area contributed by atoms with Gasteiger partial charge in [0, 0.05) is 25.7 Å². The van der Waals surface area contributed by atoms with Gasteiger partial charge >= 0.3 is 0 Å². The molecule has 0 bridgehead atoms. The highest BCUT2D eigenvalue weighted by atomic mass is 32.2. The number of rotatable bonds is 5. The van der Waals surface area contributed by atoms with Crippen LogP contribution in [0, 0.1) is 11.8 Å². The molecule has 26 heavy (non-hydrogen) atoms. The Kier molecular flexibility index (Phi) is 4.37. The second-order valence-electron chi connectivity index (χ2n) is 7.46. The molecule has 1 aliphatic carbocycles. The molecule has 3 atom stereocenters. The van der Waals surface area contributed by atoms with Crippen LogP contribution < -0.4 is 5.73 Å². The van der Waals surface area contributed by atoms with Gasteiger partial charge in [-0.05, 0) is 43.2 Å². The molecule has 1 aromatic rings. The number of benzene rings is 1. The lowest BCUT2D eigenvalue weighted by molar-refractivity contribution is 0.0654. The summed E-state index contributed by atoms with van der Waals surface area (Å²) in [4.78, 5) is 25.8. The van der Waals surface area contributed by atoms with Crippen LogP contribution in [0.3, 0.4) is 0 Å². The fraction of sp³-hybridized carbons (Fsp3) is 0.556. The Hall–Kier alpha value is -1.77. The zero-order chi connectivity index (χ0) is 18.5. The molecule has 8 heteroatoms. The van der Waals surface area contributed by atoms with Gasteiger partial charge in [-0.1, -0.05) is 12.1 Å². The summed E-state index contributed by atoms with van der Waals surface area (Å²) in [7, 11) is -3.39. The van der Waals surface area contributed by atoms with Gasteiger partial charge < -0.3 is 5.73 Å². The predicted octanol–water partition coefficient (Wildman–Crippen LogP) is 0.672. The highest BCUT2D eigenvalue weighted by molar-refractivity contribution is 7.89. The number of imide groups is 1. The van der Waals surface area contributed by atoms with E-state index in [1.165, 1.54) is 0 Å². The first-order chi connectivity index (χ1) is 12.4. The number of sulfonamides is 1. The Balaban J connectivity index is 1.35. The SMILES string of the molecule is NC1CCC2CN(S(=O)(=O)CCCN3C(=O)c4ccccc4C3=O)CC12. The highest BCUT2D eigenvalue weighted by Crippen LogP contribution is 2.38. The van der Waals surface area contributed by atoms with Gasteiger partial charge in [0.15, 0.2) is 0 Å². The molecule has 1 aromatic carbocycles. The minimum absolute atomic E-state index is 0.0604. The Morgan fingerprint density at radius 3 is 2.31 bits per heavy atom. The smallest absolute Gasteiger partial charge is 0.261 e. The molecule has 1 saturated carbocycles. The number of hydrogen-bond acceptors (Lipinski definition) is 5. The van der Waals surface area contributed by atoms with E-state index in [4.69, 9.17) is 5.73 Å². The zero-order valence-electron chi connectivity index (χ0n) is 14.5. The van der Waals surface area contributed by atoms with Crippen molar-refractivity contribution in [3.05, 3.63) is 35.4 Å². The second-order valence-corrected chi connectivity index (χ2v) is 9.55. The minimum atomic E-state index is -3.39. The van der Waals surface area contributed by atoms with Gasteiger partial charge in [-0.3, -0.25) is 14.5 Å². The maximum absolute atomic E-state index is 12.6. The third-order valence-electron chi connectivity index (χ3n) is 5.93. The number of nitrogens with two attached hydrogens (primary N) is 1. The monoisotopic (exact) mass is 377 g/mol. The van der Waals surface area contributed by atoms with E-state index in [9.17, 15) is 18.0 Å². The van der Waals surface area contributed by atoms with Gasteiger partial charge in [0.1, 0.15) is 0 Å². The molecule has 0 spiro atoms. The first-order valence-corrected chi connectivity index (χ1v) is 10.7. The summed E-state index contributed by atoms with van der Waals surface area (Å²) in [6.07, 6.45) is 2.21. The van der Waals surface area contributed by atoms with Crippen molar-refractivity contribution in [1.29, 1.82) is 0 Å². The molecule has 2 heterocycles. The summed E-state index contributed by atoms with van der Waals surface area (Å²) in [5.74, 6) is -0.110. The molecule has 2 aliphatic heterocycles. The summed E-state index contributed by atoms with van der Waals surface area (Å²) in [6.45, 7) is 1.17. The van der Waals surface area contributed by atoms with Gasteiger partial charge in [0.05, 0.1) is 16.9 Å². The first-order valence-electron chi connectivity index (χ1n) is 9.07. The van der Waals surface area contributed by atoms with Crippen molar-refractivity contribution in [2.45, 2.75) is 25.3 Å². The number of carbonyl (C=O) groups is 2. The van der Waals surface area contributed by atoms with E-state index in [2.05, 4.69) is 0 Å². The van der Waals surface area contributed by atoms with E-state index in [-0.39, 0.29) is 42.5 Å². The number of fused-ring (bicyclic) bond motifs is 2. The van der Waals surface area contributed by atoms with Crippen LogP contribution in [0.25, 0.3) is 0 Å². The standard InChI is InChI=1S/C18H23N3O4S/c19-16-7-6-12-10-20(11-15(12)16)26(24,25)9-3-8-21-17(22)13-4-1-2-5-14(13)18(21)23/h1-2,4-5,12,15-16H,3,6-11,19H2. The molecule has 3 aliphatic rings. The summed E-state index contributed by atoms with van der Waals surface area (Å²) < 4.78 is 26.8. The van der Waals surface area contributed by atoms with Crippen LogP contribution in [0.2, 0.25) is 0 Å². The minimum Gasteiger partial charge on any atom is -0.327 e. The third kappa shape index (κ3) is 2.86. The van der Waals surface area contributed by atoms with Gasteiger partial charge in [-0.25, -0.2) is 12.7 Å². The fourth-order valence-electron chi connectivity index (χ4n) is 4.47. The normalized spacial score (nSPS) is 28.7. The molecule has 2 N–H and O–H groups in total. The van der Waals surface area contributed by atoms with Crippen molar-refractivity contribution in [3.63, 3.8) is 0 Å². The van der Waals surface area contributed by atoms with Crippen molar-refractivity contribution in [3.8, 4) is 0 Å². The Morgan fingerprint density at radius 1 is 1.04 bits per heavy atom. The molecule has 3 unspecified atom stereocenters. The summed E-state index contributed by atoms with van der Waals surface area (Å²) in [6, 6.07) is 6.77. The molecule has 0 radical (unpaired) electrons. The number of carbonyl (C=O) groups excluding carboxylic acids is 2. The van der Waals surface area contributed by atoms with Crippen molar-refractivity contribution in [2.75, 3.05) is 25.4 Å². The lowest BCUT2D eigenvalue weighted by Gasteiger charge is -2.19. The second kappa shape index (κ2) is 6.44. The van der Waals surface area contributed by atoms with Gasteiger partial charge in [-0.15, -0.1) is 0 Å². The molecule has 4 rings (SSSR count). The summed E-state index contributed by atoms with van der Waals surface area (Å²) in [5, 5.41) is 0. The third-order valence-corrected chi connectivity index (χ3v) is 7.82. The van der Waals surface area contributed by atoms with Gasteiger partial charge in [0.25, 0.3) is 11.8 Å². The van der Waals surface area contributed by atoms with E-state index >= 15 is 0 Å². The van der Waals surface area contributed by atoms with Gasteiger partial charge in [0.2, 0.25) is 10.0 Å². The number of amides is 2. The van der Waals surface area contributed by atoms with E-state index in [1.54, 1.807) is 28.6 Å². The molecule has 2 amide bonds. The van der Waals surface area contributed by atoms with Crippen molar-refractivity contribution in [1.82, 2.24) is 9.21 Å². The van der Waals surface area contributed by atoms with Crippen molar-refractivity contribution < 1.29 is 18.0 Å². The van der Waals surface area contributed by atoms with Crippen LogP contribution in [-0.4, -0.2) is 60.9 Å². The molecule has 1 saturated heterocycles. The van der Waals surface area contributed by atoms with Gasteiger partial charge in [-0.2, -0.15) is 0 Å². The van der Waals surface area contributed by atoms with E-state index < -0.39 is 10.0 Å². The average Bonchev–Trinajstić information content (AvgIpc) is 3.26. The molecule has 7 nitrogen and oxygen atoms in total. The average molecular weight is 377 g/mol. The number of nitrogens with zero attached hydrogens (tertiary/aromatic N) is 2.